The average Bonchev–Trinajstić information content (AvgIpc) is 2.76. The summed E-state index contributed by atoms with van der Waals surface area (Å²) < 4.78 is 6.23. The van der Waals surface area contributed by atoms with E-state index >= 15 is 0 Å². The second-order valence-electron chi connectivity index (χ2n) is 6.40. The lowest BCUT2D eigenvalue weighted by Gasteiger charge is -2.08. The number of hydrogen-bond acceptors (Lipinski definition) is 5. The van der Waals surface area contributed by atoms with Gasteiger partial charge in [-0.1, -0.05) is 34.1 Å². The molecule has 0 aliphatic rings. The lowest BCUT2D eigenvalue weighted by atomic mass is 10.2. The average molecular weight is 480 g/mol. The highest BCUT2D eigenvalue weighted by atomic mass is 79.9. The largest absolute Gasteiger partial charge is 0.422 e. The predicted octanol–water partition coefficient (Wildman–Crippen LogP) is 4.39. The van der Waals surface area contributed by atoms with E-state index in [0.717, 1.165) is 4.47 Å². The number of anilines is 1. The number of ether oxygens (including phenoxy) is 1. The molecule has 31 heavy (non-hydrogen) atoms. The van der Waals surface area contributed by atoms with E-state index in [4.69, 9.17) is 4.74 Å². The van der Waals surface area contributed by atoms with Crippen LogP contribution in [-0.2, 0) is 4.79 Å². The Bertz CT molecular complexity index is 1130. The molecule has 0 saturated carbocycles. The van der Waals surface area contributed by atoms with Crippen LogP contribution in [0, 0.1) is 0 Å². The maximum Gasteiger partial charge on any atom is 0.343 e. The Morgan fingerprint density at radius 3 is 2.32 bits per heavy atom. The number of rotatable bonds is 6. The molecule has 0 aromatic heterocycles. The summed E-state index contributed by atoms with van der Waals surface area (Å²) >= 11 is 3.37. The fourth-order valence-corrected chi connectivity index (χ4v) is 2.96. The van der Waals surface area contributed by atoms with Crippen molar-refractivity contribution >= 4 is 45.6 Å². The zero-order chi connectivity index (χ0) is 22.2. The van der Waals surface area contributed by atoms with E-state index in [9.17, 15) is 14.4 Å². The Hall–Kier alpha value is -3.78. The fourth-order valence-electron chi connectivity index (χ4n) is 2.58. The van der Waals surface area contributed by atoms with Crippen LogP contribution in [0.5, 0.6) is 5.75 Å². The van der Waals surface area contributed by atoms with Crippen molar-refractivity contribution in [3.63, 3.8) is 0 Å². The van der Waals surface area contributed by atoms with Crippen LogP contribution in [0.25, 0.3) is 0 Å². The zero-order valence-electron chi connectivity index (χ0n) is 16.5. The van der Waals surface area contributed by atoms with E-state index in [1.165, 1.54) is 13.1 Å². The molecule has 0 fully saturated rings. The molecule has 0 atom stereocenters. The van der Waals surface area contributed by atoms with Gasteiger partial charge in [-0.15, -0.1) is 0 Å². The number of hydrogen-bond donors (Lipinski definition) is 2. The first-order valence-corrected chi connectivity index (χ1v) is 9.99. The maximum atomic E-state index is 12.3. The molecular formula is C23H18BrN3O4. The summed E-state index contributed by atoms with van der Waals surface area (Å²) in [7, 11) is 0. The number of benzene rings is 3. The molecule has 0 aliphatic carbocycles. The lowest BCUT2D eigenvalue weighted by molar-refractivity contribution is -0.114. The minimum atomic E-state index is -0.499. The number of carbonyl (C=O) groups is 3. The van der Waals surface area contributed by atoms with Crippen LogP contribution in [0.3, 0.4) is 0 Å². The van der Waals surface area contributed by atoms with Crippen LogP contribution in [0.2, 0.25) is 0 Å². The Kier molecular flexibility index (Phi) is 7.29. The van der Waals surface area contributed by atoms with Crippen LogP contribution >= 0.6 is 15.9 Å². The van der Waals surface area contributed by atoms with Gasteiger partial charge < -0.3 is 10.1 Å². The van der Waals surface area contributed by atoms with Crippen molar-refractivity contribution in [3.05, 3.63) is 94.0 Å². The Morgan fingerprint density at radius 2 is 1.65 bits per heavy atom. The van der Waals surface area contributed by atoms with E-state index in [2.05, 4.69) is 31.8 Å². The number of hydrazone groups is 1. The first-order valence-electron chi connectivity index (χ1n) is 9.20. The summed E-state index contributed by atoms with van der Waals surface area (Å²) in [5.74, 6) is -0.821. The molecule has 0 bridgehead atoms. The Balaban J connectivity index is 1.68. The molecule has 2 amide bonds. The minimum absolute atomic E-state index is 0.195. The molecule has 156 valence electrons. The van der Waals surface area contributed by atoms with E-state index < -0.39 is 11.9 Å². The van der Waals surface area contributed by atoms with Gasteiger partial charge in [0.05, 0.1) is 11.8 Å². The third-order valence-electron chi connectivity index (χ3n) is 4.02. The number of halogens is 1. The number of esters is 1. The smallest absolute Gasteiger partial charge is 0.343 e. The van der Waals surface area contributed by atoms with Gasteiger partial charge in [-0.25, -0.2) is 10.2 Å². The van der Waals surface area contributed by atoms with E-state index in [1.807, 2.05) is 6.07 Å². The summed E-state index contributed by atoms with van der Waals surface area (Å²) in [5, 5.41) is 6.59. The van der Waals surface area contributed by atoms with E-state index in [0.29, 0.717) is 28.1 Å². The Labute approximate surface area is 187 Å². The van der Waals surface area contributed by atoms with Crippen LogP contribution in [0.1, 0.15) is 33.2 Å². The van der Waals surface area contributed by atoms with Crippen molar-refractivity contribution in [1.29, 1.82) is 0 Å². The zero-order valence-corrected chi connectivity index (χ0v) is 18.0. The van der Waals surface area contributed by atoms with Crippen LogP contribution in [0.15, 0.2) is 82.4 Å². The maximum absolute atomic E-state index is 12.3. The van der Waals surface area contributed by atoms with Crippen molar-refractivity contribution in [3.8, 4) is 5.75 Å². The standard InChI is InChI=1S/C23H18BrN3O4/c1-15(28)26-20-10-7-16(8-11-20)22(29)27-25-14-18-13-19(24)9-12-21(18)31-23(30)17-5-3-2-4-6-17/h2-14H,1H3,(H,26,28)(H,27,29). The van der Waals surface area contributed by atoms with Gasteiger partial charge in [-0.05, 0) is 54.6 Å². The van der Waals surface area contributed by atoms with Crippen molar-refractivity contribution < 1.29 is 19.1 Å². The Morgan fingerprint density at radius 1 is 0.935 bits per heavy atom. The second kappa shape index (κ2) is 10.3. The topological polar surface area (TPSA) is 96.9 Å². The molecule has 3 aromatic carbocycles. The van der Waals surface area contributed by atoms with Gasteiger partial charge in [-0.3, -0.25) is 9.59 Å². The molecule has 0 aliphatic heterocycles. The van der Waals surface area contributed by atoms with Gasteiger partial charge in [0, 0.05) is 28.2 Å². The van der Waals surface area contributed by atoms with Crippen molar-refractivity contribution in [2.24, 2.45) is 5.10 Å². The molecule has 0 saturated heterocycles. The normalized spacial score (nSPS) is 10.5. The van der Waals surface area contributed by atoms with Crippen LogP contribution < -0.4 is 15.5 Å². The highest BCUT2D eigenvalue weighted by Gasteiger charge is 2.11. The fraction of sp³-hybridized carbons (Fsp3) is 0.0435. The van der Waals surface area contributed by atoms with Crippen molar-refractivity contribution in [2.75, 3.05) is 5.32 Å². The SMILES string of the molecule is CC(=O)Nc1ccc(C(=O)NN=Cc2cc(Br)ccc2OC(=O)c2ccccc2)cc1. The summed E-state index contributed by atoms with van der Waals surface area (Å²) in [5.41, 5.74) is 4.31. The summed E-state index contributed by atoms with van der Waals surface area (Å²) in [6.07, 6.45) is 1.39. The molecule has 3 rings (SSSR count). The van der Waals surface area contributed by atoms with E-state index in [1.54, 1.807) is 66.7 Å². The molecule has 8 heteroatoms. The van der Waals surface area contributed by atoms with Crippen molar-refractivity contribution in [2.45, 2.75) is 6.92 Å². The molecule has 0 radical (unpaired) electrons. The van der Waals surface area contributed by atoms with Crippen LogP contribution in [-0.4, -0.2) is 24.0 Å². The lowest BCUT2D eigenvalue weighted by Crippen LogP contribution is -2.18. The van der Waals surface area contributed by atoms with Gasteiger partial charge in [0.25, 0.3) is 5.91 Å². The van der Waals surface area contributed by atoms with E-state index in [-0.39, 0.29) is 5.91 Å². The molecule has 0 heterocycles. The van der Waals surface area contributed by atoms with Gasteiger partial charge in [-0.2, -0.15) is 5.10 Å². The summed E-state index contributed by atoms with van der Waals surface area (Å²) in [6.45, 7) is 1.41. The molecule has 0 spiro atoms. The number of amides is 2. The quantitative estimate of drug-likeness (QED) is 0.237. The molecule has 3 aromatic rings. The molecule has 2 N–H and O–H groups in total. The number of carbonyl (C=O) groups excluding carboxylic acids is 3. The first-order chi connectivity index (χ1) is 14.9. The predicted molar refractivity (Wildman–Crippen MR) is 121 cm³/mol. The monoisotopic (exact) mass is 479 g/mol. The van der Waals surface area contributed by atoms with Gasteiger partial charge in [0.15, 0.2) is 0 Å². The highest BCUT2D eigenvalue weighted by molar-refractivity contribution is 9.10. The van der Waals surface area contributed by atoms with Gasteiger partial charge in [0.1, 0.15) is 5.75 Å². The van der Waals surface area contributed by atoms with Gasteiger partial charge >= 0.3 is 5.97 Å². The summed E-state index contributed by atoms with van der Waals surface area (Å²) in [4.78, 5) is 35.7. The molecule has 7 nitrogen and oxygen atoms in total. The number of nitrogens with zero attached hydrogens (tertiary/aromatic N) is 1. The molecule has 0 unspecified atom stereocenters. The molecular weight excluding hydrogens is 462 g/mol. The van der Waals surface area contributed by atoms with Crippen molar-refractivity contribution in [1.82, 2.24) is 5.43 Å². The third kappa shape index (κ3) is 6.35. The first kappa shape index (κ1) is 21.9. The second-order valence-corrected chi connectivity index (χ2v) is 7.31. The highest BCUT2D eigenvalue weighted by Crippen LogP contribution is 2.23. The minimum Gasteiger partial charge on any atom is -0.422 e. The van der Waals surface area contributed by atoms with Crippen LogP contribution in [0.4, 0.5) is 5.69 Å². The number of nitrogens with one attached hydrogen (secondary N) is 2. The third-order valence-corrected chi connectivity index (χ3v) is 4.51. The summed E-state index contributed by atoms with van der Waals surface area (Å²) in [6, 6.07) is 20.1. The van der Waals surface area contributed by atoms with Gasteiger partial charge in [0.2, 0.25) is 5.91 Å².